The number of ether oxygens (including phenoxy) is 1. The van der Waals surface area contributed by atoms with Gasteiger partial charge >= 0.3 is 0 Å². The number of carbonyl (C=O) groups excluding carboxylic acids is 2. The Labute approximate surface area is 155 Å². The highest BCUT2D eigenvalue weighted by atomic mass is 32.1. The summed E-state index contributed by atoms with van der Waals surface area (Å²) in [7, 11) is 0. The molecule has 0 bridgehead atoms. The minimum Gasteiger partial charge on any atom is -0.484 e. The molecule has 0 radical (unpaired) electrons. The first-order chi connectivity index (χ1) is 12.6. The first-order valence-electron chi connectivity index (χ1n) is 8.40. The number of aromatic nitrogens is 2. The van der Waals surface area contributed by atoms with Gasteiger partial charge in [0.05, 0.1) is 6.04 Å². The molecule has 8 nitrogen and oxygen atoms in total. The van der Waals surface area contributed by atoms with Gasteiger partial charge in [0, 0.05) is 26.2 Å². The van der Waals surface area contributed by atoms with Gasteiger partial charge < -0.3 is 9.64 Å². The average molecular weight is 375 g/mol. The van der Waals surface area contributed by atoms with Crippen LogP contribution in [0.15, 0.2) is 35.8 Å². The first kappa shape index (κ1) is 18.3. The fraction of sp³-hybridized carbons (Fsp3) is 0.412. The minimum absolute atomic E-state index is 0.0249. The molecule has 0 saturated carbocycles. The SMILES string of the molecule is CC(C(=O)Nc1nncs1)N1CCN(C(=O)COc2ccccc2)CC1. The van der Waals surface area contributed by atoms with E-state index >= 15 is 0 Å². The molecule has 1 aromatic carbocycles. The van der Waals surface area contributed by atoms with Crippen molar-refractivity contribution < 1.29 is 14.3 Å². The topological polar surface area (TPSA) is 87.7 Å². The van der Waals surface area contributed by atoms with Crippen molar-refractivity contribution in [3.05, 3.63) is 35.8 Å². The summed E-state index contributed by atoms with van der Waals surface area (Å²) in [5, 5.41) is 10.8. The Bertz CT molecular complexity index is 717. The maximum atomic E-state index is 12.3. The second kappa shape index (κ2) is 8.72. The Morgan fingerprint density at radius 2 is 1.96 bits per heavy atom. The standard InChI is InChI=1S/C17H21N5O3S/c1-13(16(24)19-17-20-18-12-26-17)21-7-9-22(10-8-21)15(23)11-25-14-5-3-2-4-6-14/h2-6,12-13H,7-11H2,1H3,(H,19,20,24). The Morgan fingerprint density at radius 3 is 2.62 bits per heavy atom. The Balaban J connectivity index is 1.43. The molecule has 1 unspecified atom stereocenters. The molecule has 1 aliphatic rings. The molecule has 2 aromatic rings. The van der Waals surface area contributed by atoms with Crippen LogP contribution in [0.1, 0.15) is 6.92 Å². The summed E-state index contributed by atoms with van der Waals surface area (Å²) in [6, 6.07) is 8.99. The minimum atomic E-state index is -0.295. The second-order valence-electron chi connectivity index (χ2n) is 5.93. The molecular formula is C17H21N5O3S. The van der Waals surface area contributed by atoms with Crippen LogP contribution in [0.25, 0.3) is 0 Å². The van der Waals surface area contributed by atoms with Gasteiger partial charge in [-0.1, -0.05) is 29.5 Å². The zero-order valence-electron chi connectivity index (χ0n) is 14.5. The number of piperazine rings is 1. The molecule has 1 atom stereocenters. The molecule has 1 saturated heterocycles. The molecule has 26 heavy (non-hydrogen) atoms. The van der Waals surface area contributed by atoms with Crippen molar-refractivity contribution in [1.82, 2.24) is 20.0 Å². The second-order valence-corrected chi connectivity index (χ2v) is 6.76. The Hall–Kier alpha value is -2.52. The van der Waals surface area contributed by atoms with Gasteiger partial charge in [-0.3, -0.25) is 19.8 Å². The summed E-state index contributed by atoms with van der Waals surface area (Å²) in [5.74, 6) is 0.523. The van der Waals surface area contributed by atoms with Crippen molar-refractivity contribution in [1.29, 1.82) is 0 Å². The van der Waals surface area contributed by atoms with Crippen molar-refractivity contribution in [2.75, 3.05) is 38.1 Å². The monoisotopic (exact) mass is 375 g/mol. The van der Waals surface area contributed by atoms with E-state index < -0.39 is 0 Å². The normalized spacial score (nSPS) is 16.1. The van der Waals surface area contributed by atoms with E-state index in [-0.39, 0.29) is 24.5 Å². The number of carbonyl (C=O) groups is 2. The maximum Gasteiger partial charge on any atom is 0.260 e. The number of nitrogens with zero attached hydrogens (tertiary/aromatic N) is 4. The van der Waals surface area contributed by atoms with Gasteiger partial charge in [0.15, 0.2) is 6.61 Å². The molecule has 2 amide bonds. The van der Waals surface area contributed by atoms with Crippen molar-refractivity contribution in [3.8, 4) is 5.75 Å². The molecule has 2 heterocycles. The highest BCUT2D eigenvalue weighted by Gasteiger charge is 2.28. The lowest BCUT2D eigenvalue weighted by Gasteiger charge is -2.37. The third kappa shape index (κ3) is 4.77. The summed E-state index contributed by atoms with van der Waals surface area (Å²) in [6.45, 7) is 4.31. The van der Waals surface area contributed by atoms with Gasteiger partial charge in [0.25, 0.3) is 5.91 Å². The Kier molecular flexibility index (Phi) is 6.13. The predicted molar refractivity (Wildman–Crippen MR) is 98.1 cm³/mol. The van der Waals surface area contributed by atoms with Crippen LogP contribution in [-0.4, -0.2) is 70.6 Å². The largest absolute Gasteiger partial charge is 0.484 e. The summed E-state index contributed by atoms with van der Waals surface area (Å²) in [5.41, 5.74) is 1.57. The van der Waals surface area contributed by atoms with E-state index in [1.165, 1.54) is 11.3 Å². The number of para-hydroxylation sites is 1. The molecule has 1 aromatic heterocycles. The molecule has 138 valence electrons. The summed E-state index contributed by atoms with van der Waals surface area (Å²) < 4.78 is 5.51. The fourth-order valence-corrected chi connectivity index (χ4v) is 3.16. The van der Waals surface area contributed by atoms with E-state index in [2.05, 4.69) is 20.4 Å². The van der Waals surface area contributed by atoms with Crippen LogP contribution in [0.4, 0.5) is 5.13 Å². The third-order valence-electron chi connectivity index (χ3n) is 4.29. The fourth-order valence-electron chi connectivity index (χ4n) is 2.71. The van der Waals surface area contributed by atoms with E-state index in [9.17, 15) is 9.59 Å². The van der Waals surface area contributed by atoms with Crippen LogP contribution in [0.3, 0.4) is 0 Å². The molecule has 1 fully saturated rings. The van der Waals surface area contributed by atoms with Gasteiger partial charge in [0.2, 0.25) is 11.0 Å². The average Bonchev–Trinajstić information content (AvgIpc) is 3.19. The molecule has 0 aliphatic carbocycles. The molecule has 1 aliphatic heterocycles. The lowest BCUT2D eigenvalue weighted by molar-refractivity contribution is -0.135. The van der Waals surface area contributed by atoms with Crippen LogP contribution in [0.5, 0.6) is 5.75 Å². The van der Waals surface area contributed by atoms with E-state index in [4.69, 9.17) is 4.74 Å². The number of hydrogen-bond donors (Lipinski definition) is 1. The van der Waals surface area contributed by atoms with Crippen LogP contribution in [0, 0.1) is 0 Å². The van der Waals surface area contributed by atoms with E-state index in [0.717, 1.165) is 0 Å². The lowest BCUT2D eigenvalue weighted by Crippen LogP contribution is -2.54. The predicted octanol–water partition coefficient (Wildman–Crippen LogP) is 1.09. The van der Waals surface area contributed by atoms with Crippen LogP contribution >= 0.6 is 11.3 Å². The Morgan fingerprint density at radius 1 is 1.23 bits per heavy atom. The van der Waals surface area contributed by atoms with Gasteiger partial charge in [0.1, 0.15) is 11.3 Å². The van der Waals surface area contributed by atoms with Gasteiger partial charge in [-0.25, -0.2) is 0 Å². The van der Waals surface area contributed by atoms with Crippen molar-refractivity contribution >= 4 is 28.3 Å². The highest BCUT2D eigenvalue weighted by Crippen LogP contribution is 2.13. The van der Waals surface area contributed by atoms with E-state index in [0.29, 0.717) is 37.1 Å². The van der Waals surface area contributed by atoms with Gasteiger partial charge in [-0.2, -0.15) is 0 Å². The van der Waals surface area contributed by atoms with E-state index in [1.807, 2.05) is 37.3 Å². The number of hydrogen-bond acceptors (Lipinski definition) is 7. The van der Waals surface area contributed by atoms with Crippen LogP contribution in [0.2, 0.25) is 0 Å². The molecular weight excluding hydrogens is 354 g/mol. The number of benzene rings is 1. The van der Waals surface area contributed by atoms with E-state index in [1.54, 1.807) is 10.4 Å². The quantitative estimate of drug-likeness (QED) is 0.813. The van der Waals surface area contributed by atoms with Crippen molar-refractivity contribution in [3.63, 3.8) is 0 Å². The smallest absolute Gasteiger partial charge is 0.260 e. The summed E-state index contributed by atoms with van der Waals surface area (Å²) >= 11 is 1.28. The third-order valence-corrected chi connectivity index (χ3v) is 4.90. The zero-order chi connectivity index (χ0) is 18.4. The molecule has 3 rings (SSSR count). The number of anilines is 1. The van der Waals surface area contributed by atoms with Crippen LogP contribution < -0.4 is 10.1 Å². The van der Waals surface area contributed by atoms with Crippen LogP contribution in [-0.2, 0) is 9.59 Å². The zero-order valence-corrected chi connectivity index (χ0v) is 15.3. The molecule has 0 spiro atoms. The summed E-state index contributed by atoms with van der Waals surface area (Å²) in [4.78, 5) is 28.4. The first-order valence-corrected chi connectivity index (χ1v) is 9.28. The van der Waals surface area contributed by atoms with Crippen molar-refractivity contribution in [2.45, 2.75) is 13.0 Å². The number of amides is 2. The van der Waals surface area contributed by atoms with Crippen molar-refractivity contribution in [2.24, 2.45) is 0 Å². The molecule has 9 heteroatoms. The summed E-state index contributed by atoms with van der Waals surface area (Å²) in [6.07, 6.45) is 0. The maximum absolute atomic E-state index is 12.3. The van der Waals surface area contributed by atoms with Gasteiger partial charge in [-0.05, 0) is 19.1 Å². The number of rotatable bonds is 6. The highest BCUT2D eigenvalue weighted by molar-refractivity contribution is 7.13. The van der Waals surface area contributed by atoms with Gasteiger partial charge in [-0.15, -0.1) is 10.2 Å². The molecule has 1 N–H and O–H groups in total. The number of nitrogens with one attached hydrogen (secondary N) is 1. The lowest BCUT2D eigenvalue weighted by atomic mass is 10.2.